The van der Waals surface area contributed by atoms with Gasteiger partial charge in [0.05, 0.1) is 0 Å². The summed E-state index contributed by atoms with van der Waals surface area (Å²) in [6.07, 6.45) is 0. The lowest BCUT2D eigenvalue weighted by Crippen LogP contribution is -2.00. The highest BCUT2D eigenvalue weighted by Crippen LogP contribution is 2.40. The van der Waals surface area contributed by atoms with E-state index in [1.165, 1.54) is 31.3 Å². The Hall–Kier alpha value is -7.21. The minimum Gasteiger partial charge on any atom is -0.456 e. The predicted octanol–water partition coefficient (Wildman–Crippen LogP) is 14.1. The van der Waals surface area contributed by atoms with Crippen molar-refractivity contribution >= 4 is 53.4 Å². The lowest BCUT2D eigenvalue weighted by Gasteiger charge is -2.10. The maximum atomic E-state index is 6.45. The zero-order chi connectivity index (χ0) is 37.0. The van der Waals surface area contributed by atoms with Gasteiger partial charge in [0.1, 0.15) is 11.2 Å². The van der Waals surface area contributed by atoms with Crippen LogP contribution in [0.15, 0.2) is 192 Å². The molecule has 5 heteroatoms. The van der Waals surface area contributed by atoms with Gasteiger partial charge in [0, 0.05) is 47.6 Å². The van der Waals surface area contributed by atoms with Crippen molar-refractivity contribution in [1.29, 1.82) is 0 Å². The quantitative estimate of drug-likeness (QED) is 0.171. The van der Waals surface area contributed by atoms with Gasteiger partial charge >= 0.3 is 0 Å². The van der Waals surface area contributed by atoms with Crippen LogP contribution in [0.25, 0.3) is 110 Å². The molecule has 0 amide bonds. The second-order valence-electron chi connectivity index (χ2n) is 14.0. The Balaban J connectivity index is 0.971. The van der Waals surface area contributed by atoms with Crippen molar-refractivity contribution in [2.75, 3.05) is 0 Å². The zero-order valence-corrected chi connectivity index (χ0v) is 30.9. The fourth-order valence-electron chi connectivity index (χ4n) is 7.77. The van der Waals surface area contributed by atoms with Gasteiger partial charge in [0.25, 0.3) is 0 Å². The monoisotopic (exact) mass is 733 g/mol. The van der Waals surface area contributed by atoms with Gasteiger partial charge in [0.2, 0.25) is 0 Å². The number of fused-ring (bicyclic) bond motifs is 6. The third kappa shape index (κ3) is 5.65. The van der Waals surface area contributed by atoms with Crippen LogP contribution in [0.2, 0.25) is 0 Å². The molecule has 3 heterocycles. The molecule has 262 valence electrons. The van der Waals surface area contributed by atoms with Crippen LogP contribution in [0.5, 0.6) is 0 Å². The van der Waals surface area contributed by atoms with Crippen LogP contribution in [0.4, 0.5) is 0 Å². The molecule has 3 aromatic heterocycles. The largest absolute Gasteiger partial charge is 0.456 e. The van der Waals surface area contributed by atoms with Crippen molar-refractivity contribution in [2.24, 2.45) is 0 Å². The van der Waals surface area contributed by atoms with Gasteiger partial charge in [0.15, 0.2) is 17.5 Å². The maximum Gasteiger partial charge on any atom is 0.164 e. The Kier molecular flexibility index (Phi) is 7.64. The molecular weight excluding hydrogens is 703 g/mol. The fourth-order valence-corrected chi connectivity index (χ4v) is 8.92. The fraction of sp³-hybridized carbons (Fsp3) is 0. The highest BCUT2D eigenvalue weighted by atomic mass is 32.1. The summed E-state index contributed by atoms with van der Waals surface area (Å²) in [5.74, 6) is 1.90. The Morgan fingerprint density at radius 1 is 0.321 bits per heavy atom. The molecule has 0 aliphatic carbocycles. The normalized spacial score (nSPS) is 11.6. The van der Waals surface area contributed by atoms with Crippen LogP contribution in [-0.2, 0) is 0 Å². The number of nitrogens with zero attached hydrogens (tertiary/aromatic N) is 3. The van der Waals surface area contributed by atoms with Gasteiger partial charge in [-0.3, -0.25) is 0 Å². The van der Waals surface area contributed by atoms with Crippen molar-refractivity contribution in [1.82, 2.24) is 15.0 Å². The van der Waals surface area contributed by atoms with Crippen molar-refractivity contribution in [3.05, 3.63) is 188 Å². The van der Waals surface area contributed by atoms with E-state index in [-0.39, 0.29) is 0 Å². The minimum absolute atomic E-state index is 0.623. The Labute approximate surface area is 327 Å². The summed E-state index contributed by atoms with van der Waals surface area (Å²) in [6.45, 7) is 0. The molecule has 0 spiro atoms. The highest BCUT2D eigenvalue weighted by Gasteiger charge is 2.17. The van der Waals surface area contributed by atoms with E-state index >= 15 is 0 Å². The summed E-state index contributed by atoms with van der Waals surface area (Å²) in [6, 6.07) is 65.8. The molecule has 0 atom stereocenters. The van der Waals surface area contributed by atoms with Crippen LogP contribution in [0.1, 0.15) is 0 Å². The van der Waals surface area contributed by atoms with Gasteiger partial charge in [-0.25, -0.2) is 15.0 Å². The molecule has 8 aromatic carbocycles. The molecule has 11 rings (SSSR count). The van der Waals surface area contributed by atoms with E-state index in [0.717, 1.165) is 60.9 Å². The highest BCUT2D eigenvalue weighted by molar-refractivity contribution is 7.25. The summed E-state index contributed by atoms with van der Waals surface area (Å²) in [4.78, 5) is 14.9. The third-order valence-corrected chi connectivity index (χ3v) is 11.7. The second kappa shape index (κ2) is 13.3. The van der Waals surface area contributed by atoms with E-state index in [9.17, 15) is 0 Å². The van der Waals surface area contributed by atoms with E-state index in [2.05, 4.69) is 127 Å². The van der Waals surface area contributed by atoms with Gasteiger partial charge in [-0.1, -0.05) is 152 Å². The average molecular weight is 734 g/mol. The molecular formula is C51H31N3OS. The third-order valence-electron chi connectivity index (χ3n) is 10.6. The van der Waals surface area contributed by atoms with Crippen LogP contribution in [0.3, 0.4) is 0 Å². The van der Waals surface area contributed by atoms with Crippen molar-refractivity contribution in [2.45, 2.75) is 0 Å². The Bertz CT molecular complexity index is 3180. The SMILES string of the molecule is c1ccc(-c2nc(-c3ccccc3)nc(-c3cccc(-c4cccc5oc6ccc(-c7ccc(-c8ccc9c(c8)sc8ccccc89)cc7)cc6c45)c3)n2)cc1. The number of hydrogen-bond donors (Lipinski definition) is 0. The molecule has 56 heavy (non-hydrogen) atoms. The van der Waals surface area contributed by atoms with Crippen LogP contribution >= 0.6 is 11.3 Å². The zero-order valence-electron chi connectivity index (χ0n) is 30.1. The van der Waals surface area contributed by atoms with Gasteiger partial charge < -0.3 is 4.42 Å². The topological polar surface area (TPSA) is 51.8 Å². The molecule has 11 aromatic rings. The summed E-state index contributed by atoms with van der Waals surface area (Å²) in [5.41, 5.74) is 11.4. The second-order valence-corrected chi connectivity index (χ2v) is 15.1. The lowest BCUT2D eigenvalue weighted by molar-refractivity contribution is 0.669. The molecule has 0 unspecified atom stereocenters. The molecule has 0 saturated carbocycles. The summed E-state index contributed by atoms with van der Waals surface area (Å²) < 4.78 is 9.09. The first kappa shape index (κ1) is 32.2. The number of furan rings is 1. The smallest absolute Gasteiger partial charge is 0.164 e. The van der Waals surface area contributed by atoms with Crippen molar-refractivity contribution in [3.63, 3.8) is 0 Å². The van der Waals surface area contributed by atoms with Crippen molar-refractivity contribution in [3.8, 4) is 67.5 Å². The van der Waals surface area contributed by atoms with Gasteiger partial charge in [-0.15, -0.1) is 11.3 Å². The minimum atomic E-state index is 0.623. The number of rotatable bonds is 6. The molecule has 0 N–H and O–H groups in total. The van der Waals surface area contributed by atoms with Crippen LogP contribution in [-0.4, -0.2) is 15.0 Å². The first-order valence-electron chi connectivity index (χ1n) is 18.7. The van der Waals surface area contributed by atoms with E-state index in [1.807, 2.05) is 72.0 Å². The van der Waals surface area contributed by atoms with E-state index < -0.39 is 0 Å². The number of hydrogen-bond acceptors (Lipinski definition) is 5. The van der Waals surface area contributed by atoms with Crippen LogP contribution in [0, 0.1) is 0 Å². The maximum absolute atomic E-state index is 6.45. The molecule has 0 aliphatic heterocycles. The molecule has 0 aliphatic rings. The molecule has 0 radical (unpaired) electrons. The van der Waals surface area contributed by atoms with Gasteiger partial charge in [-0.05, 0) is 69.8 Å². The van der Waals surface area contributed by atoms with E-state index in [4.69, 9.17) is 19.4 Å². The summed E-state index contributed by atoms with van der Waals surface area (Å²) in [7, 11) is 0. The first-order valence-corrected chi connectivity index (χ1v) is 19.5. The molecule has 0 fully saturated rings. The molecule has 0 bridgehead atoms. The predicted molar refractivity (Wildman–Crippen MR) is 233 cm³/mol. The van der Waals surface area contributed by atoms with Gasteiger partial charge in [-0.2, -0.15) is 0 Å². The number of benzene rings is 8. The first-order chi connectivity index (χ1) is 27.7. The lowest BCUT2D eigenvalue weighted by atomic mass is 9.95. The number of aromatic nitrogens is 3. The summed E-state index contributed by atoms with van der Waals surface area (Å²) in [5, 5.41) is 4.80. The average Bonchev–Trinajstić information content (AvgIpc) is 3.85. The van der Waals surface area contributed by atoms with Crippen LogP contribution < -0.4 is 0 Å². The molecule has 0 saturated heterocycles. The number of thiophene rings is 1. The Morgan fingerprint density at radius 3 is 1.61 bits per heavy atom. The van der Waals surface area contributed by atoms with E-state index in [0.29, 0.717) is 17.5 Å². The van der Waals surface area contributed by atoms with E-state index in [1.54, 1.807) is 0 Å². The molecule has 4 nitrogen and oxygen atoms in total. The summed E-state index contributed by atoms with van der Waals surface area (Å²) >= 11 is 1.85. The standard InChI is InChI=1S/C51H31N3OS/c1-3-11-34(12-4-1)49-52-50(35-13-5-2-6-14-35)54-51(53-49)39-16-9-15-38(29-39)40-18-10-19-45-48(40)43-30-36(26-28-44(43)55-45)32-21-23-33(24-22-32)37-25-27-42-41-17-7-8-20-46(41)56-47(42)31-37/h1-31H. The van der Waals surface area contributed by atoms with Crippen molar-refractivity contribution < 1.29 is 4.42 Å². The Morgan fingerprint density at radius 2 is 0.875 bits per heavy atom.